The average molecular weight is 216 g/mol. The standard InChI is InChI=1S/C9H7F3N2O/c1-6-7(3-2-4-13-15)5-8(14-6)9(10,11)12/h2-5,14H,1H2/b4-2-,7-3-. The summed E-state index contributed by atoms with van der Waals surface area (Å²) in [5.74, 6) is 0. The van der Waals surface area contributed by atoms with Crippen LogP contribution in [0.3, 0.4) is 0 Å². The molecule has 1 rings (SSSR count). The lowest BCUT2D eigenvalue weighted by atomic mass is 10.3. The van der Waals surface area contributed by atoms with E-state index in [-0.39, 0.29) is 10.6 Å². The maximum Gasteiger partial charge on any atom is 0.431 e. The highest BCUT2D eigenvalue weighted by molar-refractivity contribution is 5.37. The summed E-state index contributed by atoms with van der Waals surface area (Å²) in [5.41, 5.74) is -0.869. The molecule has 0 aliphatic carbocycles. The monoisotopic (exact) mass is 216 g/mol. The Balaban J connectivity index is 3.18. The normalized spacial score (nSPS) is 13.7. The van der Waals surface area contributed by atoms with Gasteiger partial charge in [0.05, 0.1) is 6.20 Å². The second-order valence-electron chi connectivity index (χ2n) is 2.73. The molecule has 0 saturated heterocycles. The minimum absolute atomic E-state index is 0.137. The van der Waals surface area contributed by atoms with Gasteiger partial charge in [-0.15, -0.1) is 4.91 Å². The number of aromatic amines is 1. The molecule has 1 aromatic heterocycles. The molecule has 1 N–H and O–H groups in total. The lowest BCUT2D eigenvalue weighted by Crippen LogP contribution is -2.19. The lowest BCUT2D eigenvalue weighted by molar-refractivity contribution is -0.140. The molecule has 0 aliphatic rings. The molecule has 0 aliphatic heterocycles. The molecule has 0 aromatic carbocycles. The Morgan fingerprint density at radius 2 is 2.13 bits per heavy atom. The van der Waals surface area contributed by atoms with Gasteiger partial charge in [0.15, 0.2) is 0 Å². The minimum atomic E-state index is -4.43. The van der Waals surface area contributed by atoms with Crippen molar-refractivity contribution in [3.05, 3.63) is 39.5 Å². The highest BCUT2D eigenvalue weighted by Crippen LogP contribution is 2.25. The maximum absolute atomic E-state index is 12.2. The molecule has 80 valence electrons. The summed E-state index contributed by atoms with van der Waals surface area (Å²) in [4.78, 5) is 11.8. The van der Waals surface area contributed by atoms with Gasteiger partial charge < -0.3 is 4.98 Å². The van der Waals surface area contributed by atoms with Crippen LogP contribution in [-0.4, -0.2) is 4.98 Å². The summed E-state index contributed by atoms with van der Waals surface area (Å²) < 4.78 is 36.6. The summed E-state index contributed by atoms with van der Waals surface area (Å²) in [6.45, 7) is 3.40. The molecule has 1 heterocycles. The van der Waals surface area contributed by atoms with E-state index in [9.17, 15) is 18.1 Å². The van der Waals surface area contributed by atoms with Gasteiger partial charge in [0.1, 0.15) is 5.69 Å². The number of nitrogens with zero attached hydrogens (tertiary/aromatic N) is 1. The van der Waals surface area contributed by atoms with Crippen molar-refractivity contribution in [1.82, 2.24) is 4.98 Å². The number of hydrogen-bond donors (Lipinski definition) is 1. The number of nitroso groups, excluding NO2 is 1. The van der Waals surface area contributed by atoms with Gasteiger partial charge in [0, 0.05) is 5.35 Å². The number of H-pyrrole nitrogens is 1. The summed E-state index contributed by atoms with van der Waals surface area (Å²) in [7, 11) is 0. The van der Waals surface area contributed by atoms with Gasteiger partial charge in [-0.25, -0.2) is 0 Å². The zero-order chi connectivity index (χ0) is 11.5. The number of aromatic nitrogens is 1. The van der Waals surface area contributed by atoms with Crippen molar-refractivity contribution in [2.24, 2.45) is 5.18 Å². The predicted octanol–water partition coefficient (Wildman–Crippen LogP) is 1.50. The molecule has 0 amide bonds. The molecule has 0 bridgehead atoms. The van der Waals surface area contributed by atoms with Crippen LogP contribution < -0.4 is 10.6 Å². The van der Waals surface area contributed by atoms with E-state index in [1.807, 2.05) is 0 Å². The average Bonchev–Trinajstić information content (AvgIpc) is 2.48. The third kappa shape index (κ3) is 2.80. The van der Waals surface area contributed by atoms with Crippen molar-refractivity contribution in [2.75, 3.05) is 0 Å². The third-order valence-corrected chi connectivity index (χ3v) is 1.66. The van der Waals surface area contributed by atoms with E-state index in [2.05, 4.69) is 16.7 Å². The second kappa shape index (κ2) is 4.12. The first-order valence-electron chi connectivity index (χ1n) is 3.89. The van der Waals surface area contributed by atoms with Gasteiger partial charge in [0.2, 0.25) is 0 Å². The number of nitrogens with one attached hydrogen (secondary N) is 1. The van der Waals surface area contributed by atoms with Gasteiger partial charge in [-0.1, -0.05) is 12.7 Å². The van der Waals surface area contributed by atoms with Crippen molar-refractivity contribution in [3.8, 4) is 0 Å². The number of alkyl halides is 3. The highest BCUT2D eigenvalue weighted by Gasteiger charge is 2.31. The summed E-state index contributed by atoms with van der Waals surface area (Å²) in [6.07, 6.45) is -0.939. The van der Waals surface area contributed by atoms with Gasteiger partial charge in [-0.05, 0) is 22.5 Å². The van der Waals surface area contributed by atoms with Gasteiger partial charge >= 0.3 is 6.18 Å². The Bertz CT molecular complexity index is 484. The summed E-state index contributed by atoms with van der Waals surface area (Å²) in [6, 6.07) is 0.914. The second-order valence-corrected chi connectivity index (χ2v) is 2.73. The minimum Gasteiger partial charge on any atom is -0.351 e. The molecule has 0 atom stereocenters. The predicted molar refractivity (Wildman–Crippen MR) is 50.0 cm³/mol. The quantitative estimate of drug-likeness (QED) is 0.748. The first-order valence-corrected chi connectivity index (χ1v) is 3.89. The van der Waals surface area contributed by atoms with Crippen molar-refractivity contribution in [2.45, 2.75) is 6.18 Å². The van der Waals surface area contributed by atoms with Crippen LogP contribution in [0.15, 0.2) is 23.5 Å². The van der Waals surface area contributed by atoms with E-state index in [4.69, 9.17) is 0 Å². The molecule has 0 fully saturated rings. The largest absolute Gasteiger partial charge is 0.431 e. The Labute approximate surface area is 82.6 Å². The molecular weight excluding hydrogens is 209 g/mol. The Morgan fingerprint density at radius 3 is 2.60 bits per heavy atom. The third-order valence-electron chi connectivity index (χ3n) is 1.66. The fraction of sp³-hybridized carbons (Fsp3) is 0.111. The Morgan fingerprint density at radius 1 is 1.47 bits per heavy atom. The van der Waals surface area contributed by atoms with Crippen LogP contribution in [0.1, 0.15) is 5.69 Å². The molecule has 6 heteroatoms. The number of hydrogen-bond acceptors (Lipinski definition) is 2. The fourth-order valence-electron chi connectivity index (χ4n) is 0.997. The van der Waals surface area contributed by atoms with Crippen LogP contribution in [0.25, 0.3) is 12.7 Å². The summed E-state index contributed by atoms with van der Waals surface area (Å²) in [5, 5.41) is 2.82. The van der Waals surface area contributed by atoms with Crippen molar-refractivity contribution in [1.29, 1.82) is 0 Å². The Kier molecular flexibility index (Phi) is 3.08. The molecule has 15 heavy (non-hydrogen) atoms. The maximum atomic E-state index is 12.2. The van der Waals surface area contributed by atoms with Gasteiger partial charge in [-0.3, -0.25) is 0 Å². The van der Waals surface area contributed by atoms with E-state index >= 15 is 0 Å². The smallest absolute Gasteiger partial charge is 0.351 e. The van der Waals surface area contributed by atoms with Crippen LogP contribution in [0.2, 0.25) is 0 Å². The van der Waals surface area contributed by atoms with E-state index in [0.717, 1.165) is 12.3 Å². The zero-order valence-electron chi connectivity index (χ0n) is 7.51. The highest BCUT2D eigenvalue weighted by atomic mass is 19.4. The SMILES string of the molecule is C=c1[nH]c(C(F)(F)F)c/c1=C/C=C\N=O. The van der Waals surface area contributed by atoms with Gasteiger partial charge in [-0.2, -0.15) is 13.2 Å². The van der Waals surface area contributed by atoms with E-state index < -0.39 is 11.9 Å². The first-order chi connectivity index (χ1) is 6.95. The van der Waals surface area contributed by atoms with Crippen LogP contribution in [0.4, 0.5) is 13.2 Å². The molecule has 1 aromatic rings. The van der Waals surface area contributed by atoms with Crippen LogP contribution in [-0.2, 0) is 6.18 Å². The zero-order valence-corrected chi connectivity index (χ0v) is 7.51. The van der Waals surface area contributed by atoms with E-state index in [1.54, 1.807) is 0 Å². The lowest BCUT2D eigenvalue weighted by Gasteiger charge is -2.00. The summed E-state index contributed by atoms with van der Waals surface area (Å²) >= 11 is 0. The van der Waals surface area contributed by atoms with Crippen molar-refractivity contribution in [3.63, 3.8) is 0 Å². The first kappa shape index (κ1) is 11.2. The van der Waals surface area contributed by atoms with Crippen molar-refractivity contribution >= 4 is 12.7 Å². The fourth-order valence-corrected chi connectivity index (χ4v) is 0.997. The Hall–Kier alpha value is -1.85. The van der Waals surface area contributed by atoms with Crippen LogP contribution >= 0.6 is 0 Å². The topological polar surface area (TPSA) is 45.2 Å². The molecular formula is C9H7F3N2O. The van der Waals surface area contributed by atoms with E-state index in [1.165, 1.54) is 12.2 Å². The number of rotatable bonds is 2. The van der Waals surface area contributed by atoms with Crippen molar-refractivity contribution < 1.29 is 13.2 Å². The van der Waals surface area contributed by atoms with Crippen LogP contribution in [0.5, 0.6) is 0 Å². The molecule has 0 saturated carbocycles. The molecule has 0 unspecified atom stereocenters. The number of allylic oxidation sites excluding steroid dienone is 1. The van der Waals surface area contributed by atoms with Gasteiger partial charge in [0.25, 0.3) is 0 Å². The molecule has 0 spiro atoms. The molecule has 0 radical (unpaired) electrons. The molecule has 3 nitrogen and oxygen atoms in total. The number of halogens is 3. The van der Waals surface area contributed by atoms with Crippen LogP contribution in [0, 0.1) is 4.91 Å². The van der Waals surface area contributed by atoms with E-state index in [0.29, 0.717) is 0 Å².